The van der Waals surface area contributed by atoms with Crippen LogP contribution in [-0.2, 0) is 11.3 Å². The van der Waals surface area contributed by atoms with Crippen LogP contribution in [0.5, 0.6) is 0 Å². The van der Waals surface area contributed by atoms with Gasteiger partial charge in [-0.3, -0.25) is 4.79 Å². The van der Waals surface area contributed by atoms with Crippen LogP contribution in [0.3, 0.4) is 0 Å². The number of halogens is 20. The summed E-state index contributed by atoms with van der Waals surface area (Å²) >= 11 is 0. The molecule has 1 aromatic heterocycles. The molecule has 7 rings (SSSR count). The normalized spacial score (nSPS) is 11.5. The van der Waals surface area contributed by atoms with E-state index < -0.39 is 150 Å². The number of fused-ring (bicyclic) bond motifs is 1. The molecule has 0 amide bonds. The minimum atomic E-state index is -7.22. The zero-order chi connectivity index (χ0) is 50.6. The van der Waals surface area contributed by atoms with Crippen molar-refractivity contribution in [3.8, 4) is 0 Å². The number of hydrogen-bond acceptors (Lipinski definition) is 3. The Balaban J connectivity index is 0.000000276. The topological polar surface area (TPSA) is 47.2 Å². The molecule has 6 aromatic carbocycles. The summed E-state index contributed by atoms with van der Waals surface area (Å²) in [5.74, 6) is -71.9. The van der Waals surface area contributed by atoms with E-state index in [4.69, 9.17) is 4.74 Å². The third kappa shape index (κ3) is 7.71. The van der Waals surface area contributed by atoms with Gasteiger partial charge in [-0.15, -0.1) is 21.9 Å². The van der Waals surface area contributed by atoms with Crippen LogP contribution in [0.4, 0.5) is 87.8 Å². The Morgan fingerprint density at radius 1 is 0.397 bits per heavy atom. The molecule has 0 N–H and O–H groups in total. The molecule has 0 aliphatic rings. The van der Waals surface area contributed by atoms with E-state index in [0.717, 1.165) is 10.9 Å². The number of ketones is 1. The first-order chi connectivity index (χ1) is 31.9. The Labute approximate surface area is 365 Å². The summed E-state index contributed by atoms with van der Waals surface area (Å²) in [5, 5.41) is 0.959. The van der Waals surface area contributed by atoms with Gasteiger partial charge in [-0.25, -0.2) is 92.6 Å². The van der Waals surface area contributed by atoms with Crippen molar-refractivity contribution in [2.45, 2.75) is 6.54 Å². The van der Waals surface area contributed by atoms with E-state index in [1.807, 2.05) is 48.5 Å². The SMILES string of the molecule is COC(=O)c1ccc2ccccc2[n+]1CC(=O)c1ccccc1.Fc1c(F)c(F)c([B-](c2c(F)c(F)c(F)c(F)c2F)(c2c(F)c(F)c(F)c(F)c2F)c2c(F)c(F)c(F)c(F)c2F)c(F)c1F. The Morgan fingerprint density at radius 3 is 1.01 bits per heavy atom. The zero-order valence-electron chi connectivity index (χ0n) is 32.9. The Kier molecular flexibility index (Phi) is 13.7. The number of esters is 1. The molecule has 0 aliphatic carbocycles. The number of para-hydroxylation sites is 1. The number of Topliss-reactive ketones (excluding diaryl/α,β-unsaturated/α-hetero) is 1. The summed E-state index contributed by atoms with van der Waals surface area (Å²) < 4.78 is 300. The lowest BCUT2D eigenvalue weighted by Gasteiger charge is -2.44. The predicted octanol–water partition coefficient (Wildman–Crippen LogP) is 8.64. The van der Waals surface area contributed by atoms with Crippen LogP contribution in [0.1, 0.15) is 20.8 Å². The second kappa shape index (κ2) is 18.7. The molecule has 0 bridgehead atoms. The molecular formula is C43H16BF20NO3. The van der Waals surface area contributed by atoms with Gasteiger partial charge in [-0.1, -0.05) is 42.5 Å². The van der Waals surface area contributed by atoms with Gasteiger partial charge < -0.3 is 4.74 Å². The van der Waals surface area contributed by atoms with Crippen LogP contribution in [-0.4, -0.2) is 25.0 Å². The fraction of sp³-hybridized carbons (Fsp3) is 0.0465. The van der Waals surface area contributed by atoms with Gasteiger partial charge in [-0.2, -0.15) is 4.57 Å². The van der Waals surface area contributed by atoms with Crippen LogP contribution >= 0.6 is 0 Å². The highest BCUT2D eigenvalue weighted by Crippen LogP contribution is 2.31. The van der Waals surface area contributed by atoms with E-state index in [-0.39, 0.29) is 12.3 Å². The maximum Gasteiger partial charge on any atom is 0.403 e. The maximum atomic E-state index is 15.4. The van der Waals surface area contributed by atoms with Gasteiger partial charge in [0.1, 0.15) is 52.7 Å². The lowest BCUT2D eigenvalue weighted by Crippen LogP contribution is -2.81. The van der Waals surface area contributed by atoms with Gasteiger partial charge >= 0.3 is 5.97 Å². The smallest absolute Gasteiger partial charge is 0.403 e. The van der Waals surface area contributed by atoms with Gasteiger partial charge in [0.05, 0.1) is 7.11 Å². The number of hydrogen-bond donors (Lipinski definition) is 0. The van der Waals surface area contributed by atoms with Crippen molar-refractivity contribution in [2.24, 2.45) is 0 Å². The molecule has 0 aliphatic heterocycles. The third-order valence-electron chi connectivity index (χ3n) is 10.4. The highest BCUT2D eigenvalue weighted by Gasteiger charge is 2.52. The van der Waals surface area contributed by atoms with Gasteiger partial charge in [0, 0.05) is 23.1 Å². The lowest BCUT2D eigenvalue weighted by atomic mass is 9.12. The van der Waals surface area contributed by atoms with Gasteiger partial charge in [0.25, 0.3) is 5.69 Å². The van der Waals surface area contributed by atoms with Crippen molar-refractivity contribution in [1.29, 1.82) is 0 Å². The number of rotatable bonds is 8. The van der Waals surface area contributed by atoms with Crippen molar-refractivity contribution in [1.82, 2.24) is 0 Å². The van der Waals surface area contributed by atoms with E-state index in [1.165, 1.54) is 7.11 Å². The predicted molar refractivity (Wildman–Crippen MR) is 195 cm³/mol. The first-order valence-electron chi connectivity index (χ1n) is 18.2. The average Bonchev–Trinajstić information content (AvgIpc) is 3.34. The van der Waals surface area contributed by atoms with Crippen molar-refractivity contribution in [2.75, 3.05) is 7.11 Å². The van der Waals surface area contributed by atoms with Crippen LogP contribution in [0.2, 0.25) is 0 Å². The fourth-order valence-corrected chi connectivity index (χ4v) is 7.45. The van der Waals surface area contributed by atoms with Crippen molar-refractivity contribution >= 4 is 50.7 Å². The Morgan fingerprint density at radius 2 is 0.691 bits per heavy atom. The summed E-state index contributed by atoms with van der Waals surface area (Å²) in [6.45, 7) is 0.0792. The number of nitrogens with zero attached hydrogens (tertiary/aromatic N) is 1. The largest absolute Gasteiger partial charge is 0.461 e. The van der Waals surface area contributed by atoms with E-state index >= 15 is 35.1 Å². The molecule has 1 heterocycles. The molecular weight excluding hydrogens is 969 g/mol. The molecule has 7 aromatic rings. The molecule has 0 fully saturated rings. The monoisotopic (exact) mass is 985 g/mol. The number of pyridine rings is 1. The van der Waals surface area contributed by atoms with E-state index in [1.54, 1.807) is 22.8 Å². The average molecular weight is 985 g/mol. The molecule has 0 radical (unpaired) electrons. The molecule has 4 nitrogen and oxygen atoms in total. The van der Waals surface area contributed by atoms with Crippen LogP contribution in [0.25, 0.3) is 10.9 Å². The van der Waals surface area contributed by atoms with Gasteiger partial charge in [0.2, 0.25) is 17.8 Å². The summed E-state index contributed by atoms with van der Waals surface area (Å²) in [4.78, 5) is 24.6. The Hall–Kier alpha value is -7.47. The highest BCUT2D eigenvalue weighted by atomic mass is 19.2. The molecule has 0 saturated carbocycles. The molecule has 0 unspecified atom stereocenters. The summed E-state index contributed by atoms with van der Waals surface area (Å²) in [7, 11) is 1.33. The van der Waals surface area contributed by atoms with E-state index in [9.17, 15) is 62.3 Å². The number of aromatic nitrogens is 1. The number of methoxy groups -OCH3 is 1. The first kappa shape index (κ1) is 50.0. The minimum absolute atomic E-state index is 0.0582. The number of benzene rings is 6. The minimum Gasteiger partial charge on any atom is -0.461 e. The van der Waals surface area contributed by atoms with Crippen LogP contribution in [0, 0.1) is 116 Å². The van der Waals surface area contributed by atoms with Crippen LogP contribution < -0.4 is 26.4 Å². The summed E-state index contributed by atoms with van der Waals surface area (Å²) in [6, 6.07) is 20.2. The fourth-order valence-electron chi connectivity index (χ4n) is 7.45. The number of ether oxygens (including phenoxy) is 1. The standard InChI is InChI=1S/C24BF20.C19H16NO3/c26-5-1(6(27)14(35)21(42)13(5)34)25(2-7(28)15(36)22(43)16(37)8(2)29,3-9(30)17(38)23(44)18(39)10(3)31)4-11(32)19(40)24(45)20(41)12(4)33;1-23-19(22)17-12-11-14-7-5-6-10-16(14)20(17)13-18(21)15-8-3-2-4-9-15/h;2-12H,13H2,1H3/q-1;+1. The van der Waals surface area contributed by atoms with Gasteiger partial charge in [-0.05, 0) is 12.1 Å². The number of carbonyl (C=O) groups excluding carboxylic acids is 2. The van der Waals surface area contributed by atoms with Crippen molar-refractivity contribution < 1.29 is 107 Å². The highest BCUT2D eigenvalue weighted by molar-refractivity contribution is 7.20. The molecule has 0 atom stereocenters. The molecule has 68 heavy (non-hydrogen) atoms. The zero-order valence-corrected chi connectivity index (χ0v) is 32.9. The second-order valence-corrected chi connectivity index (χ2v) is 13.9. The summed E-state index contributed by atoms with van der Waals surface area (Å²) in [5.41, 5.74) is -12.5. The van der Waals surface area contributed by atoms with E-state index in [2.05, 4.69) is 0 Å². The molecule has 0 saturated heterocycles. The number of carbonyl (C=O) groups is 2. The molecule has 354 valence electrons. The maximum absolute atomic E-state index is 15.4. The lowest BCUT2D eigenvalue weighted by molar-refractivity contribution is -0.659. The Bertz CT molecular complexity index is 2860. The van der Waals surface area contributed by atoms with Gasteiger partial charge in [0.15, 0.2) is 69.8 Å². The quantitative estimate of drug-likeness (QED) is 0.0292. The van der Waals surface area contributed by atoms with Crippen molar-refractivity contribution in [3.63, 3.8) is 0 Å². The van der Waals surface area contributed by atoms with Crippen LogP contribution in [0.15, 0.2) is 66.7 Å². The first-order valence-corrected chi connectivity index (χ1v) is 18.2. The second-order valence-electron chi connectivity index (χ2n) is 13.9. The van der Waals surface area contributed by atoms with Crippen molar-refractivity contribution in [3.05, 3.63) is 194 Å². The molecule has 0 spiro atoms. The molecule has 25 heteroatoms. The summed E-state index contributed by atoms with van der Waals surface area (Å²) in [6.07, 6.45) is -7.22. The van der Waals surface area contributed by atoms with E-state index in [0.29, 0.717) is 11.3 Å². The third-order valence-corrected chi connectivity index (χ3v) is 10.4.